The van der Waals surface area contributed by atoms with E-state index in [9.17, 15) is 5.26 Å². The minimum atomic E-state index is 0.0229. The van der Waals surface area contributed by atoms with Crippen LogP contribution in [0.1, 0.15) is 11.1 Å². The van der Waals surface area contributed by atoms with Crippen molar-refractivity contribution in [2.24, 2.45) is 0 Å². The Balaban J connectivity index is 2.48. The van der Waals surface area contributed by atoms with Crippen LogP contribution in [-0.4, -0.2) is 31.0 Å². The summed E-state index contributed by atoms with van der Waals surface area (Å²) in [6.07, 6.45) is 5.97. The number of ether oxygens (including phenoxy) is 3. The molecule has 0 amide bonds. The molecule has 0 N–H and O–H groups in total. The van der Waals surface area contributed by atoms with Gasteiger partial charge in [-0.05, 0) is 12.1 Å². The third-order valence-corrected chi connectivity index (χ3v) is 3.56. The molecule has 0 aromatic carbocycles. The third kappa shape index (κ3) is 4.15. The summed E-state index contributed by atoms with van der Waals surface area (Å²) < 4.78 is 15.4. The lowest BCUT2D eigenvalue weighted by Crippen LogP contribution is -2.02. The third-order valence-electron chi connectivity index (χ3n) is 2.95. The van der Waals surface area contributed by atoms with Crippen molar-refractivity contribution in [1.82, 2.24) is 9.97 Å². The number of methoxy groups -OCH3 is 2. The van der Waals surface area contributed by atoms with Gasteiger partial charge in [0.05, 0.1) is 28.8 Å². The number of halogens is 2. The van der Waals surface area contributed by atoms with E-state index in [0.717, 1.165) is 0 Å². The van der Waals surface area contributed by atoms with E-state index in [0.29, 0.717) is 32.5 Å². The molecule has 2 aromatic heterocycles. The van der Waals surface area contributed by atoms with Gasteiger partial charge in [0, 0.05) is 36.8 Å². The van der Waals surface area contributed by atoms with Crippen molar-refractivity contribution in [3.05, 3.63) is 45.8 Å². The molecule has 0 saturated carbocycles. The highest BCUT2D eigenvalue weighted by Gasteiger charge is 2.12. The van der Waals surface area contributed by atoms with E-state index in [-0.39, 0.29) is 12.7 Å². The molecule has 6 nitrogen and oxygen atoms in total. The quantitative estimate of drug-likeness (QED) is 0.571. The maximum Gasteiger partial charge on any atom is 0.256 e. The smallest absolute Gasteiger partial charge is 0.256 e. The first-order valence-electron chi connectivity index (χ1n) is 6.67. The van der Waals surface area contributed by atoms with Crippen LogP contribution in [0.15, 0.2) is 24.7 Å². The van der Waals surface area contributed by atoms with Crippen LogP contribution in [0.3, 0.4) is 0 Å². The van der Waals surface area contributed by atoms with Gasteiger partial charge in [-0.25, -0.2) is 4.98 Å². The molecule has 0 aliphatic rings. The van der Waals surface area contributed by atoms with Crippen molar-refractivity contribution in [3.8, 4) is 17.7 Å². The van der Waals surface area contributed by atoms with Gasteiger partial charge >= 0.3 is 0 Å². The first-order chi connectivity index (χ1) is 11.6. The average Bonchev–Trinajstić information content (AvgIpc) is 2.59. The Morgan fingerprint density at radius 2 is 1.96 bits per heavy atom. The summed E-state index contributed by atoms with van der Waals surface area (Å²) in [7, 11) is 2.97. The van der Waals surface area contributed by atoms with Crippen molar-refractivity contribution in [2.45, 2.75) is 0 Å². The monoisotopic (exact) mass is 365 g/mol. The summed E-state index contributed by atoms with van der Waals surface area (Å²) in [5.74, 6) is 0.637. The van der Waals surface area contributed by atoms with E-state index in [1.54, 1.807) is 12.1 Å². The van der Waals surface area contributed by atoms with Crippen LogP contribution in [0.2, 0.25) is 10.0 Å². The van der Waals surface area contributed by atoms with E-state index >= 15 is 0 Å². The molecule has 2 aromatic rings. The Morgan fingerprint density at radius 3 is 2.54 bits per heavy atom. The zero-order valence-electron chi connectivity index (χ0n) is 12.9. The predicted octanol–water partition coefficient (Wildman–Crippen LogP) is 3.84. The second kappa shape index (κ2) is 8.50. The van der Waals surface area contributed by atoms with Crippen molar-refractivity contribution in [2.75, 3.05) is 21.0 Å². The Bertz CT molecular complexity index is 783. The highest BCUT2D eigenvalue weighted by Crippen LogP contribution is 2.31. The number of aromatic nitrogens is 2. The number of rotatable bonds is 6. The molecular weight excluding hydrogens is 353 g/mol. The van der Waals surface area contributed by atoms with Crippen molar-refractivity contribution >= 4 is 34.9 Å². The number of nitrogens with zero attached hydrogens (tertiary/aromatic N) is 3. The van der Waals surface area contributed by atoms with E-state index in [2.05, 4.69) is 16.0 Å². The zero-order valence-corrected chi connectivity index (χ0v) is 14.4. The first kappa shape index (κ1) is 18.0. The second-order valence-corrected chi connectivity index (χ2v) is 5.28. The molecule has 0 saturated heterocycles. The van der Waals surface area contributed by atoms with Crippen LogP contribution in [0.5, 0.6) is 11.6 Å². The molecule has 0 atom stereocenters. The molecule has 124 valence electrons. The second-order valence-electron chi connectivity index (χ2n) is 4.47. The molecule has 24 heavy (non-hydrogen) atoms. The van der Waals surface area contributed by atoms with Gasteiger partial charge in [-0.1, -0.05) is 23.2 Å². The minimum Gasteiger partial charge on any atom is -0.478 e. The van der Waals surface area contributed by atoms with Crippen molar-refractivity contribution in [1.29, 1.82) is 5.26 Å². The van der Waals surface area contributed by atoms with Crippen LogP contribution in [0.4, 0.5) is 0 Å². The minimum absolute atomic E-state index is 0.0229. The summed E-state index contributed by atoms with van der Waals surface area (Å²) in [5.41, 5.74) is 1.33. The molecule has 8 heteroatoms. The summed E-state index contributed by atoms with van der Waals surface area (Å²) >= 11 is 12.2. The van der Waals surface area contributed by atoms with Gasteiger partial charge < -0.3 is 14.2 Å². The number of nitriles is 1. The standard InChI is InChI=1S/C16H13Cl2N3O3/c1-22-9-24-15-4-11(6-21-16(15)23-2)10(5-19)3-12-13(17)7-20-8-14(12)18/h3-4,6-8H,9H2,1-2H3. The van der Waals surface area contributed by atoms with Crippen molar-refractivity contribution < 1.29 is 14.2 Å². The molecular formula is C16H13Cl2N3O3. The molecule has 0 radical (unpaired) electrons. The van der Waals surface area contributed by atoms with E-state index in [1.165, 1.54) is 32.8 Å². The van der Waals surface area contributed by atoms with E-state index in [1.807, 2.05) is 0 Å². The largest absolute Gasteiger partial charge is 0.478 e. The Hall–Kier alpha value is -2.33. The fraction of sp³-hybridized carbons (Fsp3) is 0.188. The van der Waals surface area contributed by atoms with Gasteiger partial charge in [0.15, 0.2) is 12.5 Å². The Labute approximate surface area is 149 Å². The van der Waals surface area contributed by atoms with E-state index in [4.69, 9.17) is 37.4 Å². The van der Waals surface area contributed by atoms with Crippen LogP contribution in [0, 0.1) is 11.3 Å². The molecule has 0 aliphatic heterocycles. The number of pyridine rings is 2. The topological polar surface area (TPSA) is 77.3 Å². The fourth-order valence-corrected chi connectivity index (χ4v) is 2.32. The lowest BCUT2D eigenvalue weighted by atomic mass is 10.1. The lowest BCUT2D eigenvalue weighted by molar-refractivity contribution is 0.0486. The number of hydrogen-bond acceptors (Lipinski definition) is 6. The zero-order chi connectivity index (χ0) is 17.5. The molecule has 2 heterocycles. The summed E-state index contributed by atoms with van der Waals surface area (Å²) in [6.45, 7) is 0.0229. The van der Waals surface area contributed by atoms with Gasteiger partial charge in [0.25, 0.3) is 5.88 Å². The Morgan fingerprint density at radius 1 is 1.25 bits per heavy atom. The van der Waals surface area contributed by atoms with Gasteiger partial charge in [-0.3, -0.25) is 4.98 Å². The highest BCUT2D eigenvalue weighted by molar-refractivity contribution is 6.37. The number of allylic oxidation sites excluding steroid dienone is 1. The van der Waals surface area contributed by atoms with Gasteiger partial charge in [0.2, 0.25) is 0 Å². The maximum absolute atomic E-state index is 9.47. The molecule has 2 rings (SSSR count). The van der Waals surface area contributed by atoms with Crippen LogP contribution >= 0.6 is 23.2 Å². The molecule has 0 spiro atoms. The Kier molecular flexibility index (Phi) is 6.38. The molecule has 0 bridgehead atoms. The lowest BCUT2D eigenvalue weighted by Gasteiger charge is -2.10. The van der Waals surface area contributed by atoms with Crippen molar-refractivity contribution in [3.63, 3.8) is 0 Å². The number of hydrogen-bond donors (Lipinski definition) is 0. The SMILES string of the molecule is COCOc1cc(C(C#N)=Cc2c(Cl)cncc2Cl)cnc1OC. The highest BCUT2D eigenvalue weighted by atomic mass is 35.5. The van der Waals surface area contributed by atoms with Crippen LogP contribution in [0.25, 0.3) is 11.6 Å². The van der Waals surface area contributed by atoms with E-state index < -0.39 is 0 Å². The summed E-state index contributed by atoms with van der Waals surface area (Å²) in [6, 6.07) is 3.73. The maximum atomic E-state index is 9.47. The van der Waals surface area contributed by atoms with Gasteiger partial charge in [-0.2, -0.15) is 5.26 Å². The molecule has 0 unspecified atom stereocenters. The molecule has 0 aliphatic carbocycles. The van der Waals surface area contributed by atoms with Crippen LogP contribution in [-0.2, 0) is 4.74 Å². The summed E-state index contributed by atoms with van der Waals surface area (Å²) in [4.78, 5) is 8.01. The van der Waals surface area contributed by atoms with Gasteiger partial charge in [-0.15, -0.1) is 0 Å². The predicted molar refractivity (Wildman–Crippen MR) is 91.0 cm³/mol. The van der Waals surface area contributed by atoms with Gasteiger partial charge in [0.1, 0.15) is 0 Å². The molecule has 0 fully saturated rings. The normalized spacial score (nSPS) is 11.0. The summed E-state index contributed by atoms with van der Waals surface area (Å²) in [5, 5.41) is 10.2. The van der Waals surface area contributed by atoms with Crippen LogP contribution < -0.4 is 9.47 Å². The fourth-order valence-electron chi connectivity index (χ4n) is 1.84. The average molecular weight is 366 g/mol. The first-order valence-corrected chi connectivity index (χ1v) is 7.43.